The molecule has 2 amide bonds. The molecule has 1 aliphatic heterocycles. The first-order chi connectivity index (χ1) is 13.5. The zero-order chi connectivity index (χ0) is 20.1. The van der Waals surface area contributed by atoms with Gasteiger partial charge in [-0.15, -0.1) is 0 Å². The third-order valence-corrected chi connectivity index (χ3v) is 5.52. The van der Waals surface area contributed by atoms with Gasteiger partial charge >= 0.3 is 0 Å². The highest BCUT2D eigenvalue weighted by molar-refractivity contribution is 6.09. The summed E-state index contributed by atoms with van der Waals surface area (Å²) in [4.78, 5) is 29.7. The smallest absolute Gasteiger partial charge is 0.255 e. The molecule has 0 aliphatic carbocycles. The van der Waals surface area contributed by atoms with Crippen molar-refractivity contribution in [3.05, 3.63) is 59.7 Å². The Morgan fingerprint density at radius 2 is 1.71 bits per heavy atom. The minimum Gasteiger partial charge on any atom is -0.375 e. The maximum Gasteiger partial charge on any atom is 0.255 e. The van der Waals surface area contributed by atoms with Crippen molar-refractivity contribution in [2.24, 2.45) is 5.92 Å². The van der Waals surface area contributed by atoms with Gasteiger partial charge in [-0.1, -0.05) is 19.1 Å². The van der Waals surface area contributed by atoms with Crippen LogP contribution < -0.4 is 10.2 Å². The largest absolute Gasteiger partial charge is 0.375 e. The van der Waals surface area contributed by atoms with Crippen molar-refractivity contribution in [2.45, 2.75) is 26.7 Å². The number of carbonyl (C=O) groups excluding carboxylic acids is 2. The van der Waals surface area contributed by atoms with E-state index in [0.717, 1.165) is 38.2 Å². The van der Waals surface area contributed by atoms with Crippen LogP contribution >= 0.6 is 0 Å². The SMILES string of the molecule is CCN(C)c1ccc(C(=O)Nc2ccccc2C(=O)N2CCC(C)CC2)cc1. The van der Waals surface area contributed by atoms with Crippen LogP contribution in [-0.2, 0) is 0 Å². The fraction of sp³-hybridized carbons (Fsp3) is 0.391. The Bertz CT molecular complexity index is 824. The van der Waals surface area contributed by atoms with Gasteiger partial charge in [0.2, 0.25) is 0 Å². The molecule has 0 saturated carbocycles. The van der Waals surface area contributed by atoms with E-state index in [1.807, 2.05) is 48.3 Å². The summed E-state index contributed by atoms with van der Waals surface area (Å²) in [6.07, 6.45) is 2.05. The number of hydrogen-bond donors (Lipinski definition) is 1. The van der Waals surface area contributed by atoms with Crippen LogP contribution in [0.2, 0.25) is 0 Å². The Balaban J connectivity index is 1.74. The van der Waals surface area contributed by atoms with Crippen molar-refractivity contribution in [2.75, 3.05) is 36.9 Å². The number of carbonyl (C=O) groups is 2. The first kappa shape index (κ1) is 19.9. The number of nitrogens with one attached hydrogen (secondary N) is 1. The van der Waals surface area contributed by atoms with Gasteiger partial charge in [0.1, 0.15) is 0 Å². The highest BCUT2D eigenvalue weighted by Gasteiger charge is 2.23. The van der Waals surface area contributed by atoms with Crippen molar-refractivity contribution >= 4 is 23.2 Å². The molecule has 1 heterocycles. The molecular formula is C23H29N3O2. The van der Waals surface area contributed by atoms with Gasteiger partial charge in [-0.05, 0) is 62.1 Å². The highest BCUT2D eigenvalue weighted by atomic mass is 16.2. The first-order valence-electron chi connectivity index (χ1n) is 10.0. The lowest BCUT2D eigenvalue weighted by atomic mass is 9.98. The van der Waals surface area contributed by atoms with Gasteiger partial charge in [-0.25, -0.2) is 0 Å². The van der Waals surface area contributed by atoms with Crippen molar-refractivity contribution in [1.82, 2.24) is 4.90 Å². The average molecular weight is 380 g/mol. The molecule has 0 spiro atoms. The van der Waals surface area contributed by atoms with Gasteiger partial charge in [0, 0.05) is 37.9 Å². The van der Waals surface area contributed by atoms with Crippen LogP contribution in [0.3, 0.4) is 0 Å². The minimum atomic E-state index is -0.210. The van der Waals surface area contributed by atoms with E-state index in [9.17, 15) is 9.59 Å². The number of amides is 2. The lowest BCUT2D eigenvalue weighted by molar-refractivity contribution is 0.0698. The standard InChI is InChI=1S/C23H29N3O2/c1-4-25(3)19-11-9-18(10-12-19)22(27)24-21-8-6-5-7-20(21)23(28)26-15-13-17(2)14-16-26/h5-12,17H,4,13-16H2,1-3H3,(H,24,27). The predicted octanol–water partition coefficient (Wildman–Crippen LogP) is 4.27. The predicted molar refractivity (Wildman–Crippen MR) is 114 cm³/mol. The lowest BCUT2D eigenvalue weighted by Gasteiger charge is -2.30. The van der Waals surface area contributed by atoms with E-state index >= 15 is 0 Å². The molecule has 5 heteroatoms. The van der Waals surface area contributed by atoms with Crippen LogP contribution in [0, 0.1) is 5.92 Å². The van der Waals surface area contributed by atoms with E-state index in [4.69, 9.17) is 0 Å². The highest BCUT2D eigenvalue weighted by Crippen LogP contribution is 2.23. The molecule has 3 rings (SSSR count). The van der Waals surface area contributed by atoms with Crippen LogP contribution in [-0.4, -0.2) is 43.4 Å². The molecule has 28 heavy (non-hydrogen) atoms. The Hall–Kier alpha value is -2.82. The number of benzene rings is 2. The van der Waals surface area contributed by atoms with Gasteiger partial charge in [0.25, 0.3) is 11.8 Å². The van der Waals surface area contributed by atoms with Crippen molar-refractivity contribution in [3.63, 3.8) is 0 Å². The van der Waals surface area contributed by atoms with Crippen molar-refractivity contribution in [1.29, 1.82) is 0 Å². The van der Waals surface area contributed by atoms with Crippen LogP contribution in [0.1, 0.15) is 47.4 Å². The molecule has 0 atom stereocenters. The van der Waals surface area contributed by atoms with Crippen LogP contribution in [0.4, 0.5) is 11.4 Å². The van der Waals surface area contributed by atoms with Crippen molar-refractivity contribution < 1.29 is 9.59 Å². The third-order valence-electron chi connectivity index (χ3n) is 5.52. The van der Waals surface area contributed by atoms with Gasteiger partial charge in [-0.3, -0.25) is 9.59 Å². The second-order valence-corrected chi connectivity index (χ2v) is 7.54. The second-order valence-electron chi connectivity index (χ2n) is 7.54. The fourth-order valence-corrected chi connectivity index (χ4v) is 3.40. The Morgan fingerprint density at radius 3 is 2.36 bits per heavy atom. The molecule has 148 valence electrons. The number of hydrogen-bond acceptors (Lipinski definition) is 3. The van der Waals surface area contributed by atoms with Crippen LogP contribution in [0.25, 0.3) is 0 Å². The quantitative estimate of drug-likeness (QED) is 0.844. The summed E-state index contributed by atoms with van der Waals surface area (Å²) in [6.45, 7) is 6.75. The maximum atomic E-state index is 13.0. The first-order valence-corrected chi connectivity index (χ1v) is 10.0. The number of likely N-dealkylation sites (tertiary alicyclic amines) is 1. The summed E-state index contributed by atoms with van der Waals surface area (Å²) in [5.41, 5.74) is 2.75. The molecule has 1 aliphatic rings. The molecule has 5 nitrogen and oxygen atoms in total. The van der Waals surface area contributed by atoms with E-state index in [-0.39, 0.29) is 11.8 Å². The van der Waals surface area contributed by atoms with Crippen LogP contribution in [0.5, 0.6) is 0 Å². The molecule has 0 bridgehead atoms. The second kappa shape index (κ2) is 8.91. The Morgan fingerprint density at radius 1 is 1.07 bits per heavy atom. The molecule has 1 N–H and O–H groups in total. The zero-order valence-electron chi connectivity index (χ0n) is 16.9. The van der Waals surface area contributed by atoms with Gasteiger partial charge in [0.05, 0.1) is 11.3 Å². The summed E-state index contributed by atoms with van der Waals surface area (Å²) >= 11 is 0. The number of piperidine rings is 1. The molecule has 0 unspecified atom stereocenters. The Kier molecular flexibility index (Phi) is 6.34. The topological polar surface area (TPSA) is 52.7 Å². The summed E-state index contributed by atoms with van der Waals surface area (Å²) in [5, 5.41) is 2.92. The monoisotopic (exact) mass is 379 g/mol. The summed E-state index contributed by atoms with van der Waals surface area (Å²) in [7, 11) is 2.01. The van der Waals surface area contributed by atoms with Gasteiger partial charge in [-0.2, -0.15) is 0 Å². The number of nitrogens with zero attached hydrogens (tertiary/aromatic N) is 2. The zero-order valence-corrected chi connectivity index (χ0v) is 16.9. The lowest BCUT2D eigenvalue weighted by Crippen LogP contribution is -2.38. The minimum absolute atomic E-state index is 0.0114. The van der Waals surface area contributed by atoms with E-state index in [1.54, 1.807) is 12.1 Å². The summed E-state index contributed by atoms with van der Waals surface area (Å²) < 4.78 is 0. The van der Waals surface area contributed by atoms with Crippen molar-refractivity contribution in [3.8, 4) is 0 Å². The molecule has 2 aromatic rings. The fourth-order valence-electron chi connectivity index (χ4n) is 3.40. The molecule has 0 radical (unpaired) electrons. The number of anilines is 2. The van der Waals surface area contributed by atoms with E-state index in [0.29, 0.717) is 22.7 Å². The molecule has 2 aromatic carbocycles. The summed E-state index contributed by atoms with van der Waals surface area (Å²) in [5.74, 6) is 0.439. The molecular weight excluding hydrogens is 350 g/mol. The molecule has 1 saturated heterocycles. The van der Waals surface area contributed by atoms with E-state index in [1.165, 1.54) is 0 Å². The normalized spacial score (nSPS) is 14.6. The number of para-hydroxylation sites is 1. The molecule has 1 fully saturated rings. The Labute approximate surface area is 167 Å². The summed E-state index contributed by atoms with van der Waals surface area (Å²) in [6, 6.07) is 14.7. The van der Waals surface area contributed by atoms with E-state index < -0.39 is 0 Å². The maximum absolute atomic E-state index is 13.0. The van der Waals surface area contributed by atoms with Gasteiger partial charge < -0.3 is 15.1 Å². The molecule has 0 aromatic heterocycles. The van der Waals surface area contributed by atoms with Gasteiger partial charge in [0.15, 0.2) is 0 Å². The average Bonchev–Trinajstić information content (AvgIpc) is 2.73. The van der Waals surface area contributed by atoms with E-state index in [2.05, 4.69) is 24.1 Å². The number of rotatable bonds is 5. The third kappa shape index (κ3) is 4.53. The van der Waals surface area contributed by atoms with Crippen LogP contribution in [0.15, 0.2) is 48.5 Å².